The Bertz CT molecular complexity index is 347. The van der Waals surface area contributed by atoms with Crippen LogP contribution >= 0.6 is 0 Å². The zero-order valence-corrected chi connectivity index (χ0v) is 14.9. The molecule has 1 saturated heterocycles. The molecule has 0 amide bonds. The monoisotopic (exact) mass is 293 g/mol. The van der Waals surface area contributed by atoms with E-state index in [1.165, 1.54) is 25.9 Å². The molecule has 0 spiro atoms. The standard InChI is InChI=1S/C18H35N3/c1-14(2)20-18(6,13-19)9-7-8-10-21-12-15(3)11-16(4)17(21)5/h14-17,20H,7-12H2,1-6H3. The summed E-state index contributed by atoms with van der Waals surface area (Å²) >= 11 is 0. The van der Waals surface area contributed by atoms with Gasteiger partial charge in [-0.2, -0.15) is 5.26 Å². The number of likely N-dealkylation sites (tertiary alicyclic amines) is 1. The van der Waals surface area contributed by atoms with E-state index in [4.69, 9.17) is 0 Å². The average Bonchev–Trinajstić information content (AvgIpc) is 2.39. The van der Waals surface area contributed by atoms with Crippen LogP contribution in [0.5, 0.6) is 0 Å². The van der Waals surface area contributed by atoms with E-state index in [1.54, 1.807) is 0 Å². The molecule has 0 aromatic carbocycles. The van der Waals surface area contributed by atoms with E-state index in [0.717, 1.165) is 24.7 Å². The van der Waals surface area contributed by atoms with Crippen molar-refractivity contribution in [3.8, 4) is 6.07 Å². The van der Waals surface area contributed by atoms with Gasteiger partial charge in [0.25, 0.3) is 0 Å². The maximum absolute atomic E-state index is 9.37. The number of piperidine rings is 1. The summed E-state index contributed by atoms with van der Waals surface area (Å²) in [4.78, 5) is 2.65. The van der Waals surface area contributed by atoms with Crippen LogP contribution in [0.4, 0.5) is 0 Å². The second-order valence-electron chi connectivity index (χ2n) is 7.75. The summed E-state index contributed by atoms with van der Waals surface area (Å²) in [5.41, 5.74) is -0.373. The topological polar surface area (TPSA) is 39.1 Å². The molecule has 1 rings (SSSR count). The Kier molecular flexibility index (Phi) is 7.16. The first-order chi connectivity index (χ1) is 9.77. The minimum Gasteiger partial charge on any atom is -0.300 e. The van der Waals surface area contributed by atoms with Crippen molar-refractivity contribution in [2.24, 2.45) is 11.8 Å². The van der Waals surface area contributed by atoms with Crippen LogP contribution in [0, 0.1) is 23.2 Å². The molecule has 21 heavy (non-hydrogen) atoms. The third kappa shape index (κ3) is 5.96. The molecule has 0 saturated carbocycles. The number of nitrogens with one attached hydrogen (secondary N) is 1. The predicted molar refractivity (Wildman–Crippen MR) is 90.1 cm³/mol. The summed E-state index contributed by atoms with van der Waals surface area (Å²) in [6.07, 6.45) is 4.62. The largest absolute Gasteiger partial charge is 0.300 e. The highest BCUT2D eigenvalue weighted by atomic mass is 15.2. The van der Waals surface area contributed by atoms with Crippen molar-refractivity contribution in [3.63, 3.8) is 0 Å². The third-order valence-corrected chi connectivity index (χ3v) is 4.95. The highest BCUT2D eigenvalue weighted by Gasteiger charge is 2.28. The smallest absolute Gasteiger partial charge is 0.104 e. The molecule has 122 valence electrons. The first-order valence-corrected chi connectivity index (χ1v) is 8.70. The molecule has 1 N–H and O–H groups in total. The number of hydrogen-bond donors (Lipinski definition) is 1. The van der Waals surface area contributed by atoms with Gasteiger partial charge in [0.05, 0.1) is 6.07 Å². The number of rotatable bonds is 7. The van der Waals surface area contributed by atoms with Gasteiger partial charge in [0.1, 0.15) is 5.54 Å². The van der Waals surface area contributed by atoms with Crippen LogP contribution in [0.25, 0.3) is 0 Å². The zero-order valence-electron chi connectivity index (χ0n) is 14.9. The van der Waals surface area contributed by atoms with E-state index in [2.05, 4.69) is 50.9 Å². The van der Waals surface area contributed by atoms with Gasteiger partial charge in [-0.15, -0.1) is 0 Å². The fourth-order valence-corrected chi connectivity index (χ4v) is 3.72. The summed E-state index contributed by atoms with van der Waals surface area (Å²) < 4.78 is 0. The van der Waals surface area contributed by atoms with Gasteiger partial charge in [-0.25, -0.2) is 0 Å². The fourth-order valence-electron chi connectivity index (χ4n) is 3.72. The Balaban J connectivity index is 2.34. The molecule has 3 heteroatoms. The van der Waals surface area contributed by atoms with E-state index >= 15 is 0 Å². The summed E-state index contributed by atoms with van der Waals surface area (Å²) in [6.45, 7) is 15.8. The second-order valence-corrected chi connectivity index (χ2v) is 7.75. The lowest BCUT2D eigenvalue weighted by Crippen LogP contribution is -2.46. The minimum absolute atomic E-state index is 0.360. The molecule has 0 aliphatic carbocycles. The van der Waals surface area contributed by atoms with E-state index in [0.29, 0.717) is 12.1 Å². The number of unbranched alkanes of at least 4 members (excludes halogenated alkanes) is 1. The van der Waals surface area contributed by atoms with Gasteiger partial charge in [0, 0.05) is 18.6 Å². The molecule has 1 fully saturated rings. The van der Waals surface area contributed by atoms with Crippen molar-refractivity contribution in [1.29, 1.82) is 5.26 Å². The SMILES string of the molecule is CC1CC(C)C(C)N(CCCCC(C)(C#N)NC(C)C)C1. The number of nitriles is 1. The molecule has 0 bridgehead atoms. The summed E-state index contributed by atoms with van der Waals surface area (Å²) in [6, 6.07) is 3.51. The molecule has 4 atom stereocenters. The summed E-state index contributed by atoms with van der Waals surface area (Å²) in [5.74, 6) is 1.63. The summed E-state index contributed by atoms with van der Waals surface area (Å²) in [5, 5.41) is 12.8. The maximum Gasteiger partial charge on any atom is 0.104 e. The Labute approximate surface area is 132 Å². The van der Waals surface area contributed by atoms with Gasteiger partial charge in [0.2, 0.25) is 0 Å². The first-order valence-electron chi connectivity index (χ1n) is 8.70. The molecule has 1 aliphatic heterocycles. The van der Waals surface area contributed by atoms with Gasteiger partial charge in [-0.3, -0.25) is 5.32 Å². The van der Waals surface area contributed by atoms with Gasteiger partial charge in [-0.05, 0) is 71.8 Å². The normalized spacial score (nSPS) is 30.1. The van der Waals surface area contributed by atoms with Crippen LogP contribution in [0.2, 0.25) is 0 Å². The lowest BCUT2D eigenvalue weighted by Gasteiger charge is -2.41. The van der Waals surface area contributed by atoms with Crippen LogP contribution in [0.1, 0.15) is 67.2 Å². The molecule has 1 aliphatic rings. The second kappa shape index (κ2) is 8.15. The minimum atomic E-state index is -0.373. The van der Waals surface area contributed by atoms with Gasteiger partial charge >= 0.3 is 0 Å². The van der Waals surface area contributed by atoms with Crippen LogP contribution in [0.3, 0.4) is 0 Å². The number of nitrogens with zero attached hydrogens (tertiary/aromatic N) is 2. The zero-order chi connectivity index (χ0) is 16.0. The Hall–Kier alpha value is -0.590. The first kappa shape index (κ1) is 18.5. The van der Waals surface area contributed by atoms with Crippen molar-refractivity contribution in [1.82, 2.24) is 10.2 Å². The Morgan fingerprint density at radius 2 is 1.95 bits per heavy atom. The van der Waals surface area contributed by atoms with Crippen LogP contribution < -0.4 is 5.32 Å². The van der Waals surface area contributed by atoms with Crippen LogP contribution in [-0.2, 0) is 0 Å². The van der Waals surface area contributed by atoms with Gasteiger partial charge < -0.3 is 4.90 Å². The van der Waals surface area contributed by atoms with E-state index < -0.39 is 0 Å². The maximum atomic E-state index is 9.37. The average molecular weight is 293 g/mol. The van der Waals surface area contributed by atoms with E-state index in [-0.39, 0.29) is 5.54 Å². The van der Waals surface area contributed by atoms with Crippen molar-refractivity contribution in [3.05, 3.63) is 0 Å². The van der Waals surface area contributed by atoms with Crippen LogP contribution in [-0.4, -0.2) is 35.6 Å². The predicted octanol–water partition coefficient (Wildman–Crippen LogP) is 3.80. The molecule has 0 aromatic heterocycles. The highest BCUT2D eigenvalue weighted by Crippen LogP contribution is 2.27. The van der Waals surface area contributed by atoms with E-state index in [1.807, 2.05) is 6.92 Å². The van der Waals surface area contributed by atoms with Crippen molar-refractivity contribution in [2.45, 2.75) is 84.8 Å². The molecular formula is C18H35N3. The quantitative estimate of drug-likeness (QED) is 0.726. The van der Waals surface area contributed by atoms with Gasteiger partial charge in [-0.1, -0.05) is 13.8 Å². The third-order valence-electron chi connectivity index (χ3n) is 4.95. The van der Waals surface area contributed by atoms with Crippen molar-refractivity contribution in [2.75, 3.05) is 13.1 Å². The lowest BCUT2D eigenvalue weighted by atomic mass is 9.86. The highest BCUT2D eigenvalue weighted by molar-refractivity contribution is 5.04. The summed E-state index contributed by atoms with van der Waals surface area (Å²) in [7, 11) is 0. The van der Waals surface area contributed by atoms with Crippen LogP contribution in [0.15, 0.2) is 0 Å². The molecule has 1 heterocycles. The van der Waals surface area contributed by atoms with Crippen molar-refractivity contribution < 1.29 is 0 Å². The van der Waals surface area contributed by atoms with Crippen molar-refractivity contribution >= 4 is 0 Å². The Morgan fingerprint density at radius 1 is 1.29 bits per heavy atom. The Morgan fingerprint density at radius 3 is 2.52 bits per heavy atom. The fraction of sp³-hybridized carbons (Fsp3) is 0.944. The molecule has 0 aromatic rings. The molecule has 3 nitrogen and oxygen atoms in total. The van der Waals surface area contributed by atoms with Gasteiger partial charge in [0.15, 0.2) is 0 Å². The van der Waals surface area contributed by atoms with E-state index in [9.17, 15) is 5.26 Å². The molecule has 0 radical (unpaired) electrons. The molecular weight excluding hydrogens is 258 g/mol. The number of hydrogen-bond acceptors (Lipinski definition) is 3. The lowest BCUT2D eigenvalue weighted by molar-refractivity contribution is 0.0777. The molecule has 4 unspecified atom stereocenters.